The lowest BCUT2D eigenvalue weighted by Gasteiger charge is -2.19. The molecule has 0 saturated heterocycles. The van der Waals surface area contributed by atoms with Gasteiger partial charge >= 0.3 is 0 Å². The molecule has 2 aliphatic rings. The molecule has 1 saturated carbocycles. The average Bonchev–Trinajstić information content (AvgIpc) is 3.22. The fourth-order valence-corrected chi connectivity index (χ4v) is 4.98. The summed E-state index contributed by atoms with van der Waals surface area (Å²) in [4.78, 5) is 13.3. The van der Waals surface area contributed by atoms with Crippen molar-refractivity contribution >= 4 is 5.91 Å². The lowest BCUT2D eigenvalue weighted by Crippen LogP contribution is -2.24. The van der Waals surface area contributed by atoms with Crippen LogP contribution in [0.1, 0.15) is 36.8 Å². The molecule has 1 fully saturated rings. The van der Waals surface area contributed by atoms with Gasteiger partial charge in [0, 0.05) is 39.4 Å². The number of aryl methyl sites for hydroxylation is 1. The zero-order chi connectivity index (χ0) is 22.4. The Bertz CT molecular complexity index is 802. The van der Waals surface area contributed by atoms with Crippen LogP contribution < -0.4 is 5.32 Å². The summed E-state index contributed by atoms with van der Waals surface area (Å²) in [6, 6.07) is 8.23. The lowest BCUT2D eigenvalue weighted by molar-refractivity contribution is -0.128. The Hall–Kier alpha value is -1.95. The van der Waals surface area contributed by atoms with Crippen molar-refractivity contribution in [2.45, 2.75) is 51.2 Å². The topological polar surface area (TPSA) is 72.8 Å². The van der Waals surface area contributed by atoms with Gasteiger partial charge in [-0.3, -0.25) is 4.79 Å². The Morgan fingerprint density at radius 3 is 2.90 bits per heavy atom. The number of nitrogens with one attached hydrogen (secondary N) is 1. The normalized spacial score (nSPS) is 26.2. The fraction of sp³-hybridized carbons (Fsp3) is 0.577. The predicted molar refractivity (Wildman–Crippen MR) is 125 cm³/mol. The molecule has 0 bridgehead atoms. The molecule has 0 heterocycles. The second-order valence-corrected chi connectivity index (χ2v) is 9.45. The zero-order valence-electron chi connectivity index (χ0n) is 19.1. The third-order valence-corrected chi connectivity index (χ3v) is 6.63. The summed E-state index contributed by atoms with van der Waals surface area (Å²) in [6.45, 7) is 3.75. The molecule has 0 aliphatic heterocycles. The van der Waals surface area contributed by atoms with Crippen molar-refractivity contribution in [2.24, 2.45) is 17.8 Å². The van der Waals surface area contributed by atoms with Crippen molar-refractivity contribution in [1.29, 1.82) is 0 Å². The number of nitrogens with zero attached hydrogens (tertiary/aromatic N) is 1. The first-order chi connectivity index (χ1) is 14.8. The van der Waals surface area contributed by atoms with Crippen molar-refractivity contribution in [3.05, 3.63) is 59.2 Å². The quantitative estimate of drug-likeness (QED) is 0.397. The first-order valence-electron chi connectivity index (χ1n) is 11.5. The number of allylic oxidation sites excluding steroid dienone is 1. The van der Waals surface area contributed by atoms with Crippen molar-refractivity contribution in [3.63, 3.8) is 0 Å². The van der Waals surface area contributed by atoms with Gasteiger partial charge in [0.2, 0.25) is 5.91 Å². The standard InChI is InChI=1S/C26H38N2O3/c1-18-6-4-7-19(12-18)14-22(29)9-10-23-24-15-20(13-21(24)16-25(23)30)17-27-11-5-8-26(31)28(2)3/h4,6-7,9-10,12-13,21-25,27,29-30H,5,8,11,14-17H2,1-3H3/t21-,22+,23+,24-,25+/m0/s1. The van der Waals surface area contributed by atoms with E-state index in [1.807, 2.05) is 24.3 Å². The van der Waals surface area contributed by atoms with Gasteiger partial charge in [0.1, 0.15) is 0 Å². The van der Waals surface area contributed by atoms with E-state index in [2.05, 4.69) is 30.4 Å². The Balaban J connectivity index is 1.44. The highest BCUT2D eigenvalue weighted by atomic mass is 16.3. The SMILES string of the molecule is Cc1cccc(C[C@H](O)C=C[C@@H]2[C@H]3CC(CNCCCC(=O)N(C)C)=C[C@H]3C[C@H]2O)c1. The Morgan fingerprint density at radius 2 is 2.16 bits per heavy atom. The fourth-order valence-electron chi connectivity index (χ4n) is 4.98. The number of carbonyl (C=O) groups excluding carboxylic acids is 1. The lowest BCUT2D eigenvalue weighted by atomic mass is 9.89. The van der Waals surface area contributed by atoms with Crippen LogP contribution in [0.25, 0.3) is 0 Å². The molecule has 31 heavy (non-hydrogen) atoms. The summed E-state index contributed by atoms with van der Waals surface area (Å²) >= 11 is 0. The summed E-state index contributed by atoms with van der Waals surface area (Å²) in [6.07, 6.45) is 9.20. The van der Waals surface area contributed by atoms with Gasteiger partial charge in [-0.05, 0) is 50.1 Å². The van der Waals surface area contributed by atoms with E-state index in [9.17, 15) is 15.0 Å². The van der Waals surface area contributed by atoms with Crippen LogP contribution >= 0.6 is 0 Å². The molecule has 0 aromatic heterocycles. The first-order valence-corrected chi connectivity index (χ1v) is 11.5. The molecular weight excluding hydrogens is 388 g/mol. The van der Waals surface area contributed by atoms with Crippen LogP contribution in [-0.2, 0) is 11.2 Å². The third-order valence-electron chi connectivity index (χ3n) is 6.63. The second-order valence-electron chi connectivity index (χ2n) is 9.45. The van der Waals surface area contributed by atoms with Crippen molar-refractivity contribution < 1.29 is 15.0 Å². The van der Waals surface area contributed by atoms with Crippen molar-refractivity contribution in [3.8, 4) is 0 Å². The summed E-state index contributed by atoms with van der Waals surface area (Å²) in [5, 5.41) is 24.5. The number of fused-ring (bicyclic) bond motifs is 1. The number of rotatable bonds is 10. The molecule has 0 unspecified atom stereocenters. The summed E-state index contributed by atoms with van der Waals surface area (Å²) in [5.41, 5.74) is 3.73. The van der Waals surface area contributed by atoms with Crippen LogP contribution in [0.4, 0.5) is 0 Å². The smallest absolute Gasteiger partial charge is 0.222 e. The highest BCUT2D eigenvalue weighted by molar-refractivity contribution is 5.75. The van der Waals surface area contributed by atoms with Crippen LogP contribution in [0.2, 0.25) is 0 Å². The van der Waals surface area contributed by atoms with E-state index < -0.39 is 6.10 Å². The van der Waals surface area contributed by atoms with Gasteiger partial charge in [-0.15, -0.1) is 0 Å². The van der Waals surface area contributed by atoms with Gasteiger partial charge in [-0.1, -0.05) is 53.6 Å². The maximum absolute atomic E-state index is 11.6. The maximum atomic E-state index is 11.6. The molecule has 3 rings (SSSR count). The van der Waals surface area contributed by atoms with Gasteiger partial charge < -0.3 is 20.4 Å². The van der Waals surface area contributed by atoms with Crippen LogP contribution in [0, 0.1) is 24.7 Å². The number of amides is 1. The van der Waals surface area contributed by atoms with Gasteiger partial charge in [0.25, 0.3) is 0 Å². The van der Waals surface area contributed by atoms with E-state index in [4.69, 9.17) is 0 Å². The Labute approximate surface area is 186 Å². The molecule has 5 heteroatoms. The van der Waals surface area contributed by atoms with E-state index in [1.165, 1.54) is 11.1 Å². The number of carbonyl (C=O) groups is 1. The minimum atomic E-state index is -0.534. The molecule has 2 aliphatic carbocycles. The highest BCUT2D eigenvalue weighted by Gasteiger charge is 2.43. The average molecular weight is 427 g/mol. The van der Waals surface area contributed by atoms with Crippen molar-refractivity contribution in [2.75, 3.05) is 27.2 Å². The van der Waals surface area contributed by atoms with Crippen LogP contribution in [0.5, 0.6) is 0 Å². The minimum Gasteiger partial charge on any atom is -0.392 e. The number of hydrogen-bond acceptors (Lipinski definition) is 4. The van der Waals surface area contributed by atoms with E-state index in [0.717, 1.165) is 37.9 Å². The first kappa shape index (κ1) is 23.7. The van der Waals surface area contributed by atoms with Crippen LogP contribution in [-0.4, -0.2) is 60.4 Å². The summed E-state index contributed by atoms with van der Waals surface area (Å²) in [5.74, 6) is 1.11. The zero-order valence-corrected chi connectivity index (χ0v) is 19.1. The van der Waals surface area contributed by atoms with Crippen LogP contribution in [0.3, 0.4) is 0 Å². The maximum Gasteiger partial charge on any atom is 0.222 e. The molecule has 0 radical (unpaired) electrons. The van der Waals surface area contributed by atoms with Crippen LogP contribution in [0.15, 0.2) is 48.1 Å². The monoisotopic (exact) mass is 426 g/mol. The summed E-state index contributed by atoms with van der Waals surface area (Å²) in [7, 11) is 3.58. The van der Waals surface area contributed by atoms with Gasteiger partial charge in [0.15, 0.2) is 0 Å². The number of aliphatic hydroxyl groups is 2. The molecule has 0 spiro atoms. The van der Waals surface area contributed by atoms with E-state index in [0.29, 0.717) is 24.7 Å². The molecule has 5 nitrogen and oxygen atoms in total. The van der Waals surface area contributed by atoms with E-state index >= 15 is 0 Å². The molecule has 170 valence electrons. The van der Waals surface area contributed by atoms with E-state index in [1.54, 1.807) is 19.0 Å². The summed E-state index contributed by atoms with van der Waals surface area (Å²) < 4.78 is 0. The van der Waals surface area contributed by atoms with Gasteiger partial charge in [-0.2, -0.15) is 0 Å². The van der Waals surface area contributed by atoms with E-state index in [-0.39, 0.29) is 17.9 Å². The Kier molecular flexibility index (Phi) is 8.47. The largest absolute Gasteiger partial charge is 0.392 e. The predicted octanol–water partition coefficient (Wildman–Crippen LogP) is 2.86. The molecular formula is C26H38N2O3. The molecule has 1 amide bonds. The third kappa shape index (κ3) is 6.76. The Morgan fingerprint density at radius 1 is 1.35 bits per heavy atom. The molecule has 1 aromatic carbocycles. The number of benzene rings is 1. The van der Waals surface area contributed by atoms with Gasteiger partial charge in [0.05, 0.1) is 12.2 Å². The molecule has 1 aromatic rings. The second kappa shape index (κ2) is 11.1. The highest BCUT2D eigenvalue weighted by Crippen LogP contribution is 2.47. The molecule has 5 atom stereocenters. The molecule has 3 N–H and O–H groups in total. The number of aliphatic hydroxyl groups excluding tert-OH is 2. The minimum absolute atomic E-state index is 0.101. The van der Waals surface area contributed by atoms with Gasteiger partial charge in [-0.25, -0.2) is 0 Å². The number of hydrogen-bond donors (Lipinski definition) is 3. The van der Waals surface area contributed by atoms with Crippen molar-refractivity contribution in [1.82, 2.24) is 10.2 Å².